The van der Waals surface area contributed by atoms with E-state index in [2.05, 4.69) is 34.0 Å². The highest BCUT2D eigenvalue weighted by Crippen LogP contribution is 2.35. The van der Waals surface area contributed by atoms with E-state index in [0.717, 1.165) is 29.3 Å². The van der Waals surface area contributed by atoms with E-state index in [9.17, 15) is 0 Å². The largest absolute Gasteiger partial charge is 0.372 e. The number of halogens is 1. The average molecular weight is 321 g/mol. The molecule has 1 aliphatic rings. The lowest BCUT2D eigenvalue weighted by atomic mass is 10.1. The second kappa shape index (κ2) is 7.50. The summed E-state index contributed by atoms with van der Waals surface area (Å²) in [5.41, 5.74) is 8.91. The van der Waals surface area contributed by atoms with E-state index in [1.807, 2.05) is 19.1 Å². The number of likely N-dealkylation sites (N-methyl/N-ethyl adjacent to an activating group) is 1. The lowest BCUT2D eigenvalue weighted by molar-refractivity contribution is 0.240. The molecule has 0 radical (unpaired) electrons. The van der Waals surface area contributed by atoms with Crippen LogP contribution in [0.1, 0.15) is 19.4 Å². The highest BCUT2D eigenvalue weighted by atomic mass is 35.5. The molecule has 1 aromatic carbocycles. The van der Waals surface area contributed by atoms with Gasteiger partial charge >= 0.3 is 0 Å². The molecule has 0 fully saturated rings. The Morgan fingerprint density at radius 2 is 2.23 bits per heavy atom. The molecule has 0 aliphatic carbocycles. The van der Waals surface area contributed by atoms with Gasteiger partial charge in [0.2, 0.25) is 0 Å². The second-order valence-electron chi connectivity index (χ2n) is 4.80. The summed E-state index contributed by atoms with van der Waals surface area (Å²) < 4.78 is 4.94. The SMILES string of the molecule is CCN=C1Nc2cc(C#CCOC)c(Cl)cc2N(CC)C1N. The molecule has 1 unspecified atom stereocenters. The predicted octanol–water partition coefficient (Wildman–Crippen LogP) is 2.29. The summed E-state index contributed by atoms with van der Waals surface area (Å²) in [6, 6.07) is 3.83. The van der Waals surface area contributed by atoms with Gasteiger partial charge in [-0.3, -0.25) is 4.99 Å². The topological polar surface area (TPSA) is 62.9 Å². The summed E-state index contributed by atoms with van der Waals surface area (Å²) >= 11 is 6.34. The smallest absolute Gasteiger partial charge is 0.139 e. The van der Waals surface area contributed by atoms with Crippen molar-refractivity contribution < 1.29 is 4.74 Å². The minimum Gasteiger partial charge on any atom is -0.372 e. The molecule has 0 bridgehead atoms. The van der Waals surface area contributed by atoms with Gasteiger partial charge in [-0.1, -0.05) is 23.4 Å². The van der Waals surface area contributed by atoms with E-state index in [0.29, 0.717) is 18.2 Å². The zero-order chi connectivity index (χ0) is 16.1. The van der Waals surface area contributed by atoms with Crippen LogP contribution in [0.2, 0.25) is 5.02 Å². The maximum atomic E-state index is 6.34. The van der Waals surface area contributed by atoms with Crippen LogP contribution in [-0.4, -0.2) is 38.8 Å². The zero-order valence-electron chi connectivity index (χ0n) is 13.1. The molecular formula is C16H21ClN4O. The van der Waals surface area contributed by atoms with Gasteiger partial charge in [-0.2, -0.15) is 0 Å². The molecular weight excluding hydrogens is 300 g/mol. The first-order chi connectivity index (χ1) is 10.6. The fourth-order valence-corrected chi connectivity index (χ4v) is 2.58. The Morgan fingerprint density at radius 1 is 1.45 bits per heavy atom. The third-order valence-electron chi connectivity index (χ3n) is 3.38. The third kappa shape index (κ3) is 3.36. The molecule has 0 saturated carbocycles. The number of methoxy groups -OCH3 is 1. The first-order valence-electron chi connectivity index (χ1n) is 7.27. The van der Waals surface area contributed by atoms with Crippen LogP contribution in [0.5, 0.6) is 0 Å². The summed E-state index contributed by atoms with van der Waals surface area (Å²) in [6.45, 7) is 5.85. The minimum atomic E-state index is -0.293. The van der Waals surface area contributed by atoms with Crippen molar-refractivity contribution >= 4 is 28.8 Å². The molecule has 1 atom stereocenters. The van der Waals surface area contributed by atoms with Gasteiger partial charge in [-0.15, -0.1) is 0 Å². The van der Waals surface area contributed by atoms with E-state index in [1.165, 1.54) is 0 Å². The fraction of sp³-hybridized carbons (Fsp3) is 0.438. The number of ether oxygens (including phenoxy) is 1. The predicted molar refractivity (Wildman–Crippen MR) is 92.8 cm³/mol. The first kappa shape index (κ1) is 16.6. The Bertz CT molecular complexity index is 633. The Labute approximate surface area is 136 Å². The molecule has 22 heavy (non-hydrogen) atoms. The molecule has 0 aromatic heterocycles. The number of hydrogen-bond acceptors (Lipinski definition) is 4. The van der Waals surface area contributed by atoms with Crippen LogP contribution < -0.4 is 16.0 Å². The van der Waals surface area contributed by atoms with Crippen LogP contribution >= 0.6 is 11.6 Å². The number of anilines is 2. The molecule has 118 valence electrons. The number of nitrogens with one attached hydrogen (secondary N) is 1. The highest BCUT2D eigenvalue weighted by molar-refractivity contribution is 6.32. The van der Waals surface area contributed by atoms with E-state index in [1.54, 1.807) is 7.11 Å². The van der Waals surface area contributed by atoms with Crippen molar-refractivity contribution in [2.24, 2.45) is 10.7 Å². The Kier molecular flexibility index (Phi) is 5.67. The van der Waals surface area contributed by atoms with Crippen LogP contribution in [0.15, 0.2) is 17.1 Å². The van der Waals surface area contributed by atoms with E-state index >= 15 is 0 Å². The molecule has 2 rings (SSSR count). The van der Waals surface area contributed by atoms with Crippen molar-refractivity contribution in [1.29, 1.82) is 0 Å². The molecule has 1 heterocycles. The lowest BCUT2D eigenvalue weighted by Crippen LogP contribution is -2.53. The van der Waals surface area contributed by atoms with Gasteiger partial charge in [0, 0.05) is 25.8 Å². The first-order valence-corrected chi connectivity index (χ1v) is 7.65. The van der Waals surface area contributed by atoms with Gasteiger partial charge in [0.15, 0.2) is 0 Å². The summed E-state index contributed by atoms with van der Waals surface area (Å²) in [4.78, 5) is 6.51. The van der Waals surface area contributed by atoms with Crippen LogP contribution in [-0.2, 0) is 4.74 Å². The average Bonchev–Trinajstić information content (AvgIpc) is 2.50. The number of nitrogens with zero attached hydrogens (tertiary/aromatic N) is 2. The van der Waals surface area contributed by atoms with Gasteiger partial charge in [-0.25, -0.2) is 0 Å². The Morgan fingerprint density at radius 3 is 2.86 bits per heavy atom. The number of fused-ring (bicyclic) bond motifs is 1. The summed E-state index contributed by atoms with van der Waals surface area (Å²) in [6.07, 6.45) is -0.293. The zero-order valence-corrected chi connectivity index (χ0v) is 13.9. The van der Waals surface area contributed by atoms with Gasteiger partial charge < -0.3 is 20.7 Å². The highest BCUT2D eigenvalue weighted by Gasteiger charge is 2.28. The number of amidine groups is 1. The number of aliphatic imine (C=N–C) groups is 1. The fourth-order valence-electron chi connectivity index (χ4n) is 2.38. The summed E-state index contributed by atoms with van der Waals surface area (Å²) in [5.74, 6) is 6.69. The van der Waals surface area contributed by atoms with Crippen molar-refractivity contribution in [2.45, 2.75) is 20.0 Å². The van der Waals surface area contributed by atoms with E-state index in [-0.39, 0.29) is 6.17 Å². The van der Waals surface area contributed by atoms with E-state index < -0.39 is 0 Å². The Balaban J connectivity index is 2.46. The van der Waals surface area contributed by atoms with Gasteiger partial charge in [0.1, 0.15) is 18.6 Å². The number of rotatable bonds is 3. The van der Waals surface area contributed by atoms with Crippen molar-refractivity contribution in [3.8, 4) is 11.8 Å². The Hall–Kier alpha value is -1.74. The molecule has 0 saturated heterocycles. The van der Waals surface area contributed by atoms with Gasteiger partial charge in [0.05, 0.1) is 16.4 Å². The van der Waals surface area contributed by atoms with Gasteiger partial charge in [0.25, 0.3) is 0 Å². The summed E-state index contributed by atoms with van der Waals surface area (Å²) in [7, 11) is 1.61. The maximum absolute atomic E-state index is 6.34. The van der Waals surface area contributed by atoms with Crippen LogP contribution in [0.3, 0.4) is 0 Å². The maximum Gasteiger partial charge on any atom is 0.139 e. The number of benzene rings is 1. The standard InChI is InChI=1S/C16H21ClN4O/c1-4-19-16-15(18)21(5-2)14-10-12(17)11(7-6-8-22-3)9-13(14)20-16/h9-10,15H,4-5,8,18H2,1-3H3,(H,19,20). The molecule has 6 heteroatoms. The van der Waals surface area contributed by atoms with E-state index in [4.69, 9.17) is 22.1 Å². The summed E-state index contributed by atoms with van der Waals surface area (Å²) in [5, 5.41) is 3.90. The van der Waals surface area contributed by atoms with Crippen molar-refractivity contribution in [3.05, 3.63) is 22.7 Å². The molecule has 5 nitrogen and oxygen atoms in total. The molecule has 1 aliphatic heterocycles. The molecule has 1 aromatic rings. The minimum absolute atomic E-state index is 0.293. The van der Waals surface area contributed by atoms with Crippen LogP contribution in [0, 0.1) is 11.8 Å². The van der Waals surface area contributed by atoms with Gasteiger partial charge in [-0.05, 0) is 26.0 Å². The normalized spacial score (nSPS) is 18.5. The molecule has 0 amide bonds. The van der Waals surface area contributed by atoms with Crippen molar-refractivity contribution in [3.63, 3.8) is 0 Å². The monoisotopic (exact) mass is 320 g/mol. The third-order valence-corrected chi connectivity index (χ3v) is 3.69. The lowest BCUT2D eigenvalue weighted by Gasteiger charge is -2.37. The van der Waals surface area contributed by atoms with Crippen molar-refractivity contribution in [2.75, 3.05) is 37.0 Å². The second-order valence-corrected chi connectivity index (χ2v) is 5.21. The van der Waals surface area contributed by atoms with Crippen LogP contribution in [0.25, 0.3) is 0 Å². The van der Waals surface area contributed by atoms with Crippen LogP contribution in [0.4, 0.5) is 11.4 Å². The quantitative estimate of drug-likeness (QED) is 0.839. The number of nitrogens with two attached hydrogens (primary N) is 1. The molecule has 3 N–H and O–H groups in total. The molecule has 0 spiro atoms. The number of hydrogen-bond donors (Lipinski definition) is 2. The van der Waals surface area contributed by atoms with Crippen molar-refractivity contribution in [1.82, 2.24) is 0 Å².